The summed E-state index contributed by atoms with van der Waals surface area (Å²) in [5.41, 5.74) is 1.09. The first kappa shape index (κ1) is 17.6. The number of nitriles is 1. The van der Waals surface area contributed by atoms with Gasteiger partial charge < -0.3 is 10.2 Å². The van der Waals surface area contributed by atoms with Crippen LogP contribution in [0.5, 0.6) is 0 Å². The van der Waals surface area contributed by atoms with Gasteiger partial charge in [0.15, 0.2) is 11.5 Å². The van der Waals surface area contributed by atoms with Crippen LogP contribution in [0.3, 0.4) is 0 Å². The molecule has 1 aliphatic rings. The number of hydrogen-bond donors (Lipinski definition) is 1. The zero-order chi connectivity index (χ0) is 17.6. The van der Waals surface area contributed by atoms with Gasteiger partial charge in [-0.3, -0.25) is 4.79 Å². The van der Waals surface area contributed by atoms with Crippen LogP contribution in [0.1, 0.15) is 28.9 Å². The summed E-state index contributed by atoms with van der Waals surface area (Å²) in [7, 11) is 0. The Balaban J connectivity index is 1.52. The van der Waals surface area contributed by atoms with Gasteiger partial charge in [-0.2, -0.15) is 5.26 Å². The normalized spacial score (nSPS) is 14.8. The summed E-state index contributed by atoms with van der Waals surface area (Å²) in [6.07, 6.45) is 5.06. The van der Waals surface area contributed by atoms with E-state index in [-0.39, 0.29) is 5.91 Å². The van der Waals surface area contributed by atoms with Crippen molar-refractivity contribution in [2.45, 2.75) is 12.8 Å². The molecule has 6 nitrogen and oxygen atoms in total. The van der Waals surface area contributed by atoms with Crippen LogP contribution < -0.4 is 10.2 Å². The second-order valence-corrected chi connectivity index (χ2v) is 7.12. The third-order valence-electron chi connectivity index (χ3n) is 4.37. The molecular formula is C18H18IN5O. The third kappa shape index (κ3) is 4.25. The highest BCUT2D eigenvalue weighted by Gasteiger charge is 2.23. The molecule has 0 saturated carbocycles. The lowest BCUT2D eigenvalue weighted by molar-refractivity contribution is 0.0944. The van der Waals surface area contributed by atoms with Gasteiger partial charge in [0.25, 0.3) is 5.91 Å². The van der Waals surface area contributed by atoms with E-state index in [4.69, 9.17) is 5.26 Å². The minimum atomic E-state index is -0.0203. The average Bonchev–Trinajstić information content (AvgIpc) is 2.67. The van der Waals surface area contributed by atoms with E-state index in [1.54, 1.807) is 6.20 Å². The molecule has 0 unspecified atom stereocenters. The Morgan fingerprint density at radius 1 is 1.28 bits per heavy atom. The van der Waals surface area contributed by atoms with Crippen molar-refractivity contribution in [3.63, 3.8) is 0 Å². The van der Waals surface area contributed by atoms with E-state index in [0.29, 0.717) is 24.0 Å². The van der Waals surface area contributed by atoms with Crippen molar-refractivity contribution in [2.75, 3.05) is 24.5 Å². The zero-order valence-electron chi connectivity index (χ0n) is 13.7. The molecule has 1 aromatic carbocycles. The number of aromatic nitrogens is 2. The lowest BCUT2D eigenvalue weighted by atomic mass is 9.96. The van der Waals surface area contributed by atoms with E-state index < -0.39 is 0 Å². The summed E-state index contributed by atoms with van der Waals surface area (Å²) in [5, 5.41) is 12.2. The van der Waals surface area contributed by atoms with Crippen molar-refractivity contribution in [1.82, 2.24) is 15.3 Å². The number of carbonyl (C=O) groups excluding carboxylic acids is 1. The molecule has 1 N–H and O–H groups in total. The maximum absolute atomic E-state index is 12.3. The number of anilines is 1. The summed E-state index contributed by atoms with van der Waals surface area (Å²) in [5.74, 6) is 1.07. The van der Waals surface area contributed by atoms with Crippen molar-refractivity contribution in [1.29, 1.82) is 5.26 Å². The number of nitrogens with zero attached hydrogens (tertiary/aromatic N) is 4. The first-order valence-electron chi connectivity index (χ1n) is 8.18. The van der Waals surface area contributed by atoms with Crippen LogP contribution in [0.4, 0.5) is 5.82 Å². The molecule has 25 heavy (non-hydrogen) atoms. The van der Waals surface area contributed by atoms with E-state index in [0.717, 1.165) is 35.1 Å². The largest absolute Gasteiger partial charge is 0.354 e. The summed E-state index contributed by atoms with van der Waals surface area (Å²) in [6, 6.07) is 9.68. The fourth-order valence-corrected chi connectivity index (χ4v) is 3.60. The molecule has 7 heteroatoms. The van der Waals surface area contributed by atoms with Crippen LogP contribution in [-0.4, -0.2) is 35.5 Å². The Kier molecular flexibility index (Phi) is 5.81. The third-order valence-corrected chi connectivity index (χ3v) is 5.31. The number of amides is 1. The number of piperidine rings is 1. The first-order valence-corrected chi connectivity index (χ1v) is 9.25. The number of hydrogen-bond acceptors (Lipinski definition) is 5. The molecule has 0 bridgehead atoms. The van der Waals surface area contributed by atoms with Crippen LogP contribution in [0.15, 0.2) is 36.7 Å². The van der Waals surface area contributed by atoms with Crippen molar-refractivity contribution in [3.8, 4) is 6.07 Å². The fraction of sp³-hybridized carbons (Fsp3) is 0.333. The molecule has 1 aliphatic heterocycles. The minimum absolute atomic E-state index is 0.0203. The number of rotatable bonds is 4. The van der Waals surface area contributed by atoms with Crippen LogP contribution in [0.25, 0.3) is 0 Å². The predicted octanol–water partition coefficient (Wildman–Crippen LogP) is 2.60. The molecule has 0 atom stereocenters. The monoisotopic (exact) mass is 447 g/mol. The van der Waals surface area contributed by atoms with Gasteiger partial charge in [-0.1, -0.05) is 12.1 Å². The zero-order valence-corrected chi connectivity index (χ0v) is 15.8. The number of carbonyl (C=O) groups is 1. The van der Waals surface area contributed by atoms with E-state index >= 15 is 0 Å². The van der Waals surface area contributed by atoms with Gasteiger partial charge >= 0.3 is 0 Å². The predicted molar refractivity (Wildman–Crippen MR) is 103 cm³/mol. The van der Waals surface area contributed by atoms with Crippen LogP contribution in [0.2, 0.25) is 0 Å². The Morgan fingerprint density at radius 2 is 2.00 bits per heavy atom. The van der Waals surface area contributed by atoms with Gasteiger partial charge in [-0.05, 0) is 53.5 Å². The molecule has 1 aromatic heterocycles. The molecule has 2 heterocycles. The summed E-state index contributed by atoms with van der Waals surface area (Å²) >= 11 is 2.18. The highest BCUT2D eigenvalue weighted by molar-refractivity contribution is 14.1. The molecule has 3 rings (SSSR count). The van der Waals surface area contributed by atoms with E-state index in [2.05, 4.69) is 48.8 Å². The van der Waals surface area contributed by atoms with E-state index in [1.807, 2.05) is 24.3 Å². The maximum Gasteiger partial charge on any atom is 0.252 e. The lowest BCUT2D eigenvalue weighted by Gasteiger charge is -2.32. The van der Waals surface area contributed by atoms with Gasteiger partial charge in [-0.25, -0.2) is 9.97 Å². The average molecular weight is 447 g/mol. The van der Waals surface area contributed by atoms with Gasteiger partial charge in [0.05, 0.1) is 5.56 Å². The molecule has 1 saturated heterocycles. The first-order chi connectivity index (χ1) is 12.2. The SMILES string of the molecule is N#Cc1nccnc1N1CCC(CNC(=O)c2ccccc2I)CC1. The number of benzene rings is 1. The maximum atomic E-state index is 12.3. The highest BCUT2D eigenvalue weighted by Crippen LogP contribution is 2.23. The van der Waals surface area contributed by atoms with Crippen molar-refractivity contribution in [2.24, 2.45) is 5.92 Å². The van der Waals surface area contributed by atoms with Crippen molar-refractivity contribution < 1.29 is 4.79 Å². The molecule has 1 fully saturated rings. The Labute approximate surface area is 160 Å². The number of halogens is 1. The lowest BCUT2D eigenvalue weighted by Crippen LogP contribution is -2.39. The molecule has 2 aromatic rings. The van der Waals surface area contributed by atoms with Gasteiger partial charge in [0.2, 0.25) is 0 Å². The highest BCUT2D eigenvalue weighted by atomic mass is 127. The molecule has 128 valence electrons. The Bertz CT molecular complexity index is 796. The molecule has 0 spiro atoms. The summed E-state index contributed by atoms with van der Waals surface area (Å²) < 4.78 is 0.958. The second kappa shape index (κ2) is 8.25. The second-order valence-electron chi connectivity index (χ2n) is 5.96. The standard InChI is InChI=1S/C18H18IN5O/c19-15-4-2-1-3-14(15)18(25)23-12-13-5-9-24(10-6-13)17-16(11-20)21-7-8-22-17/h1-4,7-8,13H,5-6,9-10,12H2,(H,23,25). The van der Waals surface area contributed by atoms with Gasteiger partial charge in [0.1, 0.15) is 6.07 Å². The molecular weight excluding hydrogens is 429 g/mol. The Morgan fingerprint density at radius 3 is 2.72 bits per heavy atom. The summed E-state index contributed by atoms with van der Waals surface area (Å²) in [4.78, 5) is 22.8. The quantitative estimate of drug-likeness (QED) is 0.729. The molecule has 0 aliphatic carbocycles. The number of nitrogens with one attached hydrogen (secondary N) is 1. The molecule has 1 amide bonds. The van der Waals surface area contributed by atoms with Gasteiger partial charge in [-0.15, -0.1) is 0 Å². The van der Waals surface area contributed by atoms with E-state index in [9.17, 15) is 4.79 Å². The summed E-state index contributed by atoms with van der Waals surface area (Å²) in [6.45, 7) is 2.30. The minimum Gasteiger partial charge on any atom is -0.354 e. The van der Waals surface area contributed by atoms with Crippen LogP contribution in [-0.2, 0) is 0 Å². The Hall–Kier alpha value is -2.21. The van der Waals surface area contributed by atoms with Crippen LogP contribution in [0, 0.1) is 20.8 Å². The van der Waals surface area contributed by atoms with Crippen LogP contribution >= 0.6 is 22.6 Å². The van der Waals surface area contributed by atoms with Crippen molar-refractivity contribution >= 4 is 34.3 Å². The molecule has 0 radical (unpaired) electrons. The van der Waals surface area contributed by atoms with Crippen molar-refractivity contribution in [3.05, 3.63) is 51.5 Å². The topological polar surface area (TPSA) is 81.9 Å². The van der Waals surface area contributed by atoms with E-state index in [1.165, 1.54) is 6.20 Å². The smallest absolute Gasteiger partial charge is 0.252 e. The van der Waals surface area contributed by atoms with Gasteiger partial charge in [0, 0.05) is 35.6 Å². The fourth-order valence-electron chi connectivity index (χ4n) is 2.97.